The van der Waals surface area contributed by atoms with Gasteiger partial charge in [-0.05, 0) is 39.0 Å². The van der Waals surface area contributed by atoms with Crippen molar-refractivity contribution in [1.82, 2.24) is 5.32 Å². The molecule has 1 aliphatic heterocycles. The predicted octanol–water partition coefficient (Wildman–Crippen LogP) is 2.79. The summed E-state index contributed by atoms with van der Waals surface area (Å²) in [5.74, 6) is -0.235. The molecule has 1 fully saturated rings. The van der Waals surface area contributed by atoms with E-state index < -0.39 is 0 Å². The van der Waals surface area contributed by atoms with Crippen molar-refractivity contribution in [1.29, 1.82) is 0 Å². The van der Waals surface area contributed by atoms with Gasteiger partial charge < -0.3 is 16.0 Å². The molecule has 1 aromatic rings. The van der Waals surface area contributed by atoms with Gasteiger partial charge in [-0.15, -0.1) is 6.58 Å². The second-order valence-electron chi connectivity index (χ2n) is 4.99. The van der Waals surface area contributed by atoms with Crippen molar-refractivity contribution in [3.8, 4) is 0 Å². The number of anilines is 2. The molecule has 1 aromatic carbocycles. The summed E-state index contributed by atoms with van der Waals surface area (Å²) in [5, 5.41) is 3.42. The van der Waals surface area contributed by atoms with Crippen molar-refractivity contribution >= 4 is 11.4 Å². The van der Waals surface area contributed by atoms with Crippen molar-refractivity contribution in [2.24, 2.45) is 0 Å². The van der Waals surface area contributed by atoms with Crippen LogP contribution in [-0.2, 0) is 0 Å². The summed E-state index contributed by atoms with van der Waals surface area (Å²) in [6.45, 7) is 11.1. The second kappa shape index (κ2) is 7.14. The zero-order valence-corrected chi connectivity index (χ0v) is 12.0. The third-order valence-corrected chi connectivity index (χ3v) is 2.87. The molecule has 2 rings (SSSR count). The average Bonchev–Trinajstić information content (AvgIpc) is 2.28. The summed E-state index contributed by atoms with van der Waals surface area (Å²) in [4.78, 5) is 2.07. The van der Waals surface area contributed by atoms with Gasteiger partial charge in [-0.25, -0.2) is 4.39 Å². The molecule has 19 heavy (non-hydrogen) atoms. The Morgan fingerprint density at radius 3 is 2.37 bits per heavy atom. The summed E-state index contributed by atoms with van der Waals surface area (Å²) in [6.07, 6.45) is 1.75. The van der Waals surface area contributed by atoms with Gasteiger partial charge in [0, 0.05) is 30.9 Å². The summed E-state index contributed by atoms with van der Waals surface area (Å²) < 4.78 is 13.7. The van der Waals surface area contributed by atoms with E-state index in [1.54, 1.807) is 18.2 Å². The van der Waals surface area contributed by atoms with Crippen molar-refractivity contribution < 1.29 is 4.39 Å². The van der Waals surface area contributed by atoms with Crippen LogP contribution < -0.4 is 16.0 Å². The molecule has 0 radical (unpaired) electrons. The van der Waals surface area contributed by atoms with Gasteiger partial charge in [0.15, 0.2) is 0 Å². The maximum atomic E-state index is 13.7. The Hall–Kier alpha value is -1.55. The van der Waals surface area contributed by atoms with Crippen LogP contribution in [0.2, 0.25) is 0 Å². The number of nitrogens with two attached hydrogens (primary N) is 1. The SMILES string of the molecule is C=CC.CC1CN(c2ccc(N)cc2F)CC(C)N1. The van der Waals surface area contributed by atoms with E-state index in [4.69, 9.17) is 5.73 Å². The Balaban J connectivity index is 0.000000550. The molecular weight excluding hydrogens is 241 g/mol. The first-order valence-electron chi connectivity index (χ1n) is 6.61. The van der Waals surface area contributed by atoms with Gasteiger partial charge in [0.1, 0.15) is 5.82 Å². The van der Waals surface area contributed by atoms with Gasteiger partial charge in [-0.1, -0.05) is 6.08 Å². The van der Waals surface area contributed by atoms with Crippen LogP contribution in [0.1, 0.15) is 20.8 Å². The molecule has 3 nitrogen and oxygen atoms in total. The monoisotopic (exact) mass is 265 g/mol. The maximum Gasteiger partial charge on any atom is 0.148 e. The first kappa shape index (κ1) is 15.5. The molecular formula is C15H24FN3. The number of hydrogen-bond acceptors (Lipinski definition) is 3. The topological polar surface area (TPSA) is 41.3 Å². The number of piperazine rings is 1. The third-order valence-electron chi connectivity index (χ3n) is 2.87. The van der Waals surface area contributed by atoms with Gasteiger partial charge in [0.05, 0.1) is 5.69 Å². The van der Waals surface area contributed by atoms with Gasteiger partial charge in [-0.2, -0.15) is 0 Å². The lowest BCUT2D eigenvalue weighted by molar-refractivity contribution is 0.404. The van der Waals surface area contributed by atoms with Crippen LogP contribution in [0.3, 0.4) is 0 Å². The van der Waals surface area contributed by atoms with Crippen molar-refractivity contribution in [2.75, 3.05) is 23.7 Å². The molecule has 0 spiro atoms. The molecule has 0 amide bonds. The molecule has 106 valence electrons. The molecule has 0 aliphatic carbocycles. The molecule has 4 heteroatoms. The van der Waals surface area contributed by atoms with E-state index >= 15 is 0 Å². The smallest absolute Gasteiger partial charge is 0.148 e. The van der Waals surface area contributed by atoms with Gasteiger partial charge >= 0.3 is 0 Å². The van der Waals surface area contributed by atoms with E-state index in [9.17, 15) is 4.39 Å². The minimum atomic E-state index is -0.235. The molecule has 1 aliphatic rings. The third kappa shape index (κ3) is 4.56. The molecule has 0 aromatic heterocycles. The lowest BCUT2D eigenvalue weighted by Gasteiger charge is -2.37. The number of allylic oxidation sites excluding steroid dienone is 1. The summed E-state index contributed by atoms with van der Waals surface area (Å²) >= 11 is 0. The first-order valence-corrected chi connectivity index (χ1v) is 6.61. The zero-order valence-electron chi connectivity index (χ0n) is 12.0. The maximum absolute atomic E-state index is 13.7. The van der Waals surface area contributed by atoms with Gasteiger partial charge in [-0.3, -0.25) is 0 Å². The Kier molecular flexibility index (Phi) is 5.83. The molecule has 1 heterocycles. The predicted molar refractivity (Wildman–Crippen MR) is 81.0 cm³/mol. The van der Waals surface area contributed by atoms with E-state index in [1.165, 1.54) is 6.07 Å². The van der Waals surface area contributed by atoms with E-state index in [-0.39, 0.29) is 5.82 Å². The van der Waals surface area contributed by atoms with Crippen LogP contribution in [0.25, 0.3) is 0 Å². The van der Waals surface area contributed by atoms with E-state index in [0.29, 0.717) is 23.5 Å². The fourth-order valence-electron chi connectivity index (χ4n) is 2.30. The second-order valence-corrected chi connectivity index (χ2v) is 4.99. The number of benzene rings is 1. The number of nitrogens with zero attached hydrogens (tertiary/aromatic N) is 1. The number of halogens is 1. The Labute approximate surface area is 115 Å². The fourth-order valence-corrected chi connectivity index (χ4v) is 2.30. The zero-order chi connectivity index (χ0) is 14.4. The Bertz CT molecular complexity index is 410. The molecule has 2 atom stereocenters. The van der Waals surface area contributed by atoms with E-state index in [1.807, 2.05) is 6.92 Å². The average molecular weight is 265 g/mol. The van der Waals surface area contributed by atoms with Crippen molar-refractivity contribution in [2.45, 2.75) is 32.9 Å². The Morgan fingerprint density at radius 2 is 1.89 bits per heavy atom. The molecule has 1 saturated heterocycles. The summed E-state index contributed by atoms with van der Waals surface area (Å²) in [5.41, 5.74) is 6.66. The number of nitrogen functional groups attached to an aromatic ring is 1. The molecule has 0 bridgehead atoms. The fraction of sp³-hybridized carbons (Fsp3) is 0.467. The lowest BCUT2D eigenvalue weighted by Crippen LogP contribution is -2.54. The van der Waals surface area contributed by atoms with Crippen LogP contribution in [0.4, 0.5) is 15.8 Å². The van der Waals surface area contributed by atoms with Crippen LogP contribution in [0, 0.1) is 5.82 Å². The number of hydrogen-bond donors (Lipinski definition) is 2. The minimum absolute atomic E-state index is 0.235. The lowest BCUT2D eigenvalue weighted by atomic mass is 10.1. The standard InChI is InChI=1S/C12H18FN3.C3H6/c1-8-6-16(7-9(2)15-8)12-4-3-10(14)5-11(12)13;1-3-2/h3-5,8-9,15H,6-7,14H2,1-2H3;3H,1H2,2H3. The highest BCUT2D eigenvalue weighted by Gasteiger charge is 2.22. The molecule has 0 saturated carbocycles. The summed E-state index contributed by atoms with van der Waals surface area (Å²) in [7, 11) is 0. The van der Waals surface area contributed by atoms with Crippen LogP contribution in [0.5, 0.6) is 0 Å². The number of rotatable bonds is 1. The Morgan fingerprint density at radius 1 is 1.37 bits per heavy atom. The molecule has 3 N–H and O–H groups in total. The highest BCUT2D eigenvalue weighted by atomic mass is 19.1. The van der Waals surface area contributed by atoms with Crippen molar-refractivity contribution in [3.63, 3.8) is 0 Å². The van der Waals surface area contributed by atoms with Gasteiger partial charge in [0.2, 0.25) is 0 Å². The minimum Gasteiger partial charge on any atom is -0.399 e. The highest BCUT2D eigenvalue weighted by molar-refractivity contribution is 5.55. The first-order chi connectivity index (χ1) is 8.97. The van der Waals surface area contributed by atoms with E-state index in [0.717, 1.165) is 13.1 Å². The highest BCUT2D eigenvalue weighted by Crippen LogP contribution is 2.23. The number of nitrogens with one attached hydrogen (secondary N) is 1. The van der Waals surface area contributed by atoms with E-state index in [2.05, 4.69) is 30.6 Å². The largest absolute Gasteiger partial charge is 0.399 e. The van der Waals surface area contributed by atoms with Crippen molar-refractivity contribution in [3.05, 3.63) is 36.7 Å². The normalized spacial score (nSPS) is 22.4. The summed E-state index contributed by atoms with van der Waals surface area (Å²) in [6, 6.07) is 5.64. The van der Waals surface area contributed by atoms with Crippen LogP contribution >= 0.6 is 0 Å². The quantitative estimate of drug-likeness (QED) is 0.606. The van der Waals surface area contributed by atoms with Crippen LogP contribution in [-0.4, -0.2) is 25.2 Å². The van der Waals surface area contributed by atoms with Gasteiger partial charge in [0.25, 0.3) is 0 Å². The van der Waals surface area contributed by atoms with Crippen LogP contribution in [0.15, 0.2) is 30.9 Å². The molecule has 2 unspecified atom stereocenters.